The van der Waals surface area contributed by atoms with Gasteiger partial charge in [0.05, 0.1) is 0 Å². The molecule has 0 spiro atoms. The van der Waals surface area contributed by atoms with E-state index in [1.807, 2.05) is 0 Å². The van der Waals surface area contributed by atoms with Gasteiger partial charge in [-0.3, -0.25) is 9.89 Å². The number of rotatable bonds is 2. The van der Waals surface area contributed by atoms with E-state index in [0.717, 1.165) is 26.1 Å². The summed E-state index contributed by atoms with van der Waals surface area (Å²) in [7, 11) is 1.80. The minimum atomic E-state index is -0.128. The summed E-state index contributed by atoms with van der Waals surface area (Å²) in [6.45, 7) is 3.21. The maximum Gasteiger partial charge on any atom is 0.293 e. The third-order valence-corrected chi connectivity index (χ3v) is 2.85. The molecule has 0 radical (unpaired) electrons. The molecule has 1 saturated heterocycles. The summed E-state index contributed by atoms with van der Waals surface area (Å²) in [4.78, 5) is 17.7. The zero-order valence-corrected chi connectivity index (χ0v) is 9.56. The zero-order chi connectivity index (χ0) is 11.5. The van der Waals surface area contributed by atoms with Gasteiger partial charge in [-0.05, 0) is 19.8 Å². The number of carbonyl (C=O) groups is 1. The molecule has 0 atom stereocenters. The lowest BCUT2D eigenvalue weighted by Crippen LogP contribution is -2.41. The van der Waals surface area contributed by atoms with Crippen LogP contribution >= 0.6 is 0 Å². The Morgan fingerprint density at radius 3 is 2.75 bits per heavy atom. The second kappa shape index (κ2) is 4.61. The zero-order valence-electron chi connectivity index (χ0n) is 9.56. The van der Waals surface area contributed by atoms with Crippen LogP contribution in [-0.2, 0) is 4.74 Å². The fourth-order valence-electron chi connectivity index (χ4n) is 1.83. The van der Waals surface area contributed by atoms with Gasteiger partial charge in [0, 0.05) is 26.3 Å². The van der Waals surface area contributed by atoms with Crippen LogP contribution in [0.5, 0.6) is 0 Å². The molecule has 1 fully saturated rings. The summed E-state index contributed by atoms with van der Waals surface area (Å²) in [5, 5.41) is 6.55. The second-order valence-corrected chi connectivity index (χ2v) is 4.00. The van der Waals surface area contributed by atoms with E-state index in [4.69, 9.17) is 4.74 Å². The van der Waals surface area contributed by atoms with Crippen molar-refractivity contribution in [3.63, 3.8) is 0 Å². The summed E-state index contributed by atoms with van der Waals surface area (Å²) in [6.07, 6.45) is 1.76. The Balaban J connectivity index is 2.03. The Morgan fingerprint density at radius 2 is 2.19 bits per heavy atom. The van der Waals surface area contributed by atoms with Crippen LogP contribution in [0.2, 0.25) is 0 Å². The summed E-state index contributed by atoms with van der Waals surface area (Å²) >= 11 is 0. The Labute approximate surface area is 94.0 Å². The van der Waals surface area contributed by atoms with Gasteiger partial charge >= 0.3 is 0 Å². The average Bonchev–Trinajstić information content (AvgIpc) is 2.75. The molecule has 1 N–H and O–H groups in total. The molecular formula is C10H16N4O2. The second-order valence-electron chi connectivity index (χ2n) is 4.00. The predicted octanol–water partition coefficient (Wildman–Crippen LogP) is 0.364. The molecule has 0 saturated carbocycles. The molecule has 0 aromatic carbocycles. The third kappa shape index (κ3) is 2.21. The molecule has 0 bridgehead atoms. The van der Waals surface area contributed by atoms with Crippen molar-refractivity contribution in [3.05, 3.63) is 11.6 Å². The normalized spacial score (nSPS) is 17.4. The summed E-state index contributed by atoms with van der Waals surface area (Å²) in [5.74, 6) is 0.770. The van der Waals surface area contributed by atoms with Gasteiger partial charge in [-0.2, -0.15) is 0 Å². The Morgan fingerprint density at radius 1 is 1.50 bits per heavy atom. The molecule has 1 aliphatic heterocycles. The Bertz CT molecular complexity index is 371. The molecule has 2 heterocycles. The van der Waals surface area contributed by atoms with Gasteiger partial charge in [0.25, 0.3) is 5.91 Å². The Hall–Kier alpha value is -1.43. The van der Waals surface area contributed by atoms with E-state index in [0.29, 0.717) is 5.82 Å². The smallest absolute Gasteiger partial charge is 0.293 e. The van der Waals surface area contributed by atoms with Crippen molar-refractivity contribution in [2.24, 2.45) is 0 Å². The molecule has 1 aromatic heterocycles. The van der Waals surface area contributed by atoms with Crippen LogP contribution in [0.25, 0.3) is 0 Å². The molecule has 0 aliphatic carbocycles. The highest BCUT2D eigenvalue weighted by Gasteiger charge is 2.25. The topological polar surface area (TPSA) is 71.1 Å². The van der Waals surface area contributed by atoms with Crippen molar-refractivity contribution in [2.75, 3.05) is 20.3 Å². The third-order valence-electron chi connectivity index (χ3n) is 2.85. The van der Waals surface area contributed by atoms with Gasteiger partial charge in [0.2, 0.25) is 5.82 Å². The number of nitrogens with zero attached hydrogens (tertiary/aromatic N) is 3. The number of aryl methyl sites for hydroxylation is 1. The van der Waals surface area contributed by atoms with Crippen LogP contribution in [0.15, 0.2) is 0 Å². The van der Waals surface area contributed by atoms with Crippen molar-refractivity contribution < 1.29 is 9.53 Å². The Kier molecular flexibility index (Phi) is 3.19. The molecule has 6 nitrogen and oxygen atoms in total. The highest BCUT2D eigenvalue weighted by Crippen LogP contribution is 2.14. The van der Waals surface area contributed by atoms with Crippen LogP contribution < -0.4 is 0 Å². The maximum absolute atomic E-state index is 12.0. The van der Waals surface area contributed by atoms with Crippen LogP contribution in [0, 0.1) is 6.92 Å². The minimum Gasteiger partial charge on any atom is -0.381 e. The monoisotopic (exact) mass is 224 g/mol. The number of H-pyrrole nitrogens is 1. The molecule has 6 heteroatoms. The number of ether oxygens (including phenoxy) is 1. The van der Waals surface area contributed by atoms with E-state index < -0.39 is 0 Å². The quantitative estimate of drug-likeness (QED) is 0.787. The molecule has 1 amide bonds. The van der Waals surface area contributed by atoms with Crippen LogP contribution in [-0.4, -0.2) is 52.3 Å². The summed E-state index contributed by atoms with van der Waals surface area (Å²) in [6, 6.07) is 0.236. The minimum absolute atomic E-state index is 0.128. The lowest BCUT2D eigenvalue weighted by Gasteiger charge is -2.30. The van der Waals surface area contributed by atoms with Gasteiger partial charge in [-0.25, -0.2) is 4.98 Å². The van der Waals surface area contributed by atoms with E-state index in [2.05, 4.69) is 15.2 Å². The van der Waals surface area contributed by atoms with Crippen LogP contribution in [0.1, 0.15) is 29.3 Å². The van der Waals surface area contributed by atoms with E-state index in [1.54, 1.807) is 18.9 Å². The average molecular weight is 224 g/mol. The van der Waals surface area contributed by atoms with Gasteiger partial charge in [-0.1, -0.05) is 0 Å². The van der Waals surface area contributed by atoms with E-state index in [1.165, 1.54) is 0 Å². The van der Waals surface area contributed by atoms with Gasteiger partial charge in [0.1, 0.15) is 5.82 Å². The summed E-state index contributed by atoms with van der Waals surface area (Å²) in [5.41, 5.74) is 0. The van der Waals surface area contributed by atoms with Crippen LogP contribution in [0.4, 0.5) is 0 Å². The fraction of sp³-hybridized carbons (Fsp3) is 0.700. The van der Waals surface area contributed by atoms with Crippen molar-refractivity contribution in [1.29, 1.82) is 0 Å². The summed E-state index contributed by atoms with van der Waals surface area (Å²) < 4.78 is 5.26. The molecule has 0 unspecified atom stereocenters. The number of hydrogen-bond donors (Lipinski definition) is 1. The van der Waals surface area contributed by atoms with E-state index in [-0.39, 0.29) is 17.8 Å². The maximum atomic E-state index is 12.0. The first-order valence-electron chi connectivity index (χ1n) is 5.42. The SMILES string of the molecule is Cc1nc(C(=O)N(C)C2CCOCC2)n[nH]1. The van der Waals surface area contributed by atoms with Crippen molar-refractivity contribution >= 4 is 5.91 Å². The highest BCUT2D eigenvalue weighted by molar-refractivity contribution is 5.90. The van der Waals surface area contributed by atoms with Gasteiger partial charge in [0.15, 0.2) is 0 Å². The molecule has 88 valence electrons. The molecule has 1 aliphatic rings. The van der Waals surface area contributed by atoms with E-state index >= 15 is 0 Å². The first kappa shape index (κ1) is 11.1. The van der Waals surface area contributed by atoms with Crippen molar-refractivity contribution in [3.8, 4) is 0 Å². The highest BCUT2D eigenvalue weighted by atomic mass is 16.5. The number of hydrogen-bond acceptors (Lipinski definition) is 4. The molecule has 16 heavy (non-hydrogen) atoms. The molecule has 2 rings (SSSR count). The number of aromatic amines is 1. The molecular weight excluding hydrogens is 208 g/mol. The number of carbonyl (C=O) groups excluding carboxylic acids is 1. The first-order chi connectivity index (χ1) is 7.68. The predicted molar refractivity (Wildman–Crippen MR) is 57.1 cm³/mol. The van der Waals surface area contributed by atoms with Crippen molar-refractivity contribution in [2.45, 2.75) is 25.8 Å². The largest absolute Gasteiger partial charge is 0.381 e. The molecule has 1 aromatic rings. The number of amides is 1. The van der Waals surface area contributed by atoms with E-state index in [9.17, 15) is 4.79 Å². The first-order valence-corrected chi connectivity index (χ1v) is 5.42. The number of aromatic nitrogens is 3. The van der Waals surface area contributed by atoms with Crippen molar-refractivity contribution in [1.82, 2.24) is 20.1 Å². The lowest BCUT2D eigenvalue weighted by molar-refractivity contribution is 0.0355. The standard InChI is InChI=1S/C10H16N4O2/c1-7-11-9(13-12-7)10(15)14(2)8-3-5-16-6-4-8/h8H,3-6H2,1-2H3,(H,11,12,13). The van der Waals surface area contributed by atoms with Crippen LogP contribution in [0.3, 0.4) is 0 Å². The lowest BCUT2D eigenvalue weighted by atomic mass is 10.1. The van der Waals surface area contributed by atoms with Gasteiger partial charge in [-0.15, -0.1) is 5.10 Å². The van der Waals surface area contributed by atoms with Gasteiger partial charge < -0.3 is 9.64 Å². The fourth-order valence-corrected chi connectivity index (χ4v) is 1.83. The number of nitrogens with one attached hydrogen (secondary N) is 1.